The maximum Gasteiger partial charge on any atom is 0.491 e. The van der Waals surface area contributed by atoms with Gasteiger partial charge in [0.05, 0.1) is 28.4 Å². The van der Waals surface area contributed by atoms with Crippen LogP contribution < -0.4 is 10.9 Å². The summed E-state index contributed by atoms with van der Waals surface area (Å²) in [6, 6.07) is 5.69. The number of rotatable bonds is 4. The molecule has 1 aromatic carbocycles. The quantitative estimate of drug-likeness (QED) is 0.852. The first-order valence-corrected chi connectivity index (χ1v) is 8.81. The van der Waals surface area contributed by atoms with E-state index in [1.165, 1.54) is 10.9 Å². The molecule has 0 spiro atoms. The number of hydrogen-bond donors (Lipinski definition) is 1. The second kappa shape index (κ2) is 6.65. The molecule has 0 aliphatic carbocycles. The molecule has 7 heteroatoms. The normalized spacial score (nSPS) is 19.3. The van der Waals surface area contributed by atoms with Crippen LogP contribution in [0.1, 0.15) is 33.3 Å². The lowest BCUT2D eigenvalue weighted by atomic mass is 9.77. The van der Waals surface area contributed by atoms with Gasteiger partial charge in [-0.05, 0) is 57.9 Å². The van der Waals surface area contributed by atoms with Crippen molar-refractivity contribution in [2.24, 2.45) is 7.05 Å². The van der Waals surface area contributed by atoms with Gasteiger partial charge < -0.3 is 19.2 Å². The van der Waals surface area contributed by atoms with Crippen molar-refractivity contribution in [3.63, 3.8) is 0 Å². The highest BCUT2D eigenvalue weighted by Crippen LogP contribution is 2.38. The highest BCUT2D eigenvalue weighted by atomic mass is 16.7. The zero-order chi connectivity index (χ0) is 19.1. The van der Waals surface area contributed by atoms with Crippen molar-refractivity contribution in [3.05, 3.63) is 45.9 Å². The Hall–Kier alpha value is -1.96. The third-order valence-corrected chi connectivity index (χ3v) is 5.23. The van der Waals surface area contributed by atoms with Crippen LogP contribution >= 0.6 is 0 Å². The second-order valence-corrected chi connectivity index (χ2v) is 7.78. The van der Waals surface area contributed by atoms with Gasteiger partial charge in [0.2, 0.25) is 0 Å². The molecule has 1 N–H and O–H groups in total. The van der Waals surface area contributed by atoms with Gasteiger partial charge in [0.15, 0.2) is 0 Å². The van der Waals surface area contributed by atoms with E-state index in [2.05, 4.69) is 10.3 Å². The van der Waals surface area contributed by atoms with Gasteiger partial charge in [0.1, 0.15) is 0 Å². The molecule has 2 heterocycles. The summed E-state index contributed by atoms with van der Waals surface area (Å²) >= 11 is 0. The van der Waals surface area contributed by atoms with Gasteiger partial charge in [-0.1, -0.05) is 12.1 Å². The van der Waals surface area contributed by atoms with Crippen LogP contribution in [0.2, 0.25) is 0 Å². The minimum atomic E-state index is -0.431. The van der Waals surface area contributed by atoms with E-state index >= 15 is 0 Å². The Labute approximate surface area is 154 Å². The van der Waals surface area contributed by atoms with Crippen LogP contribution in [0.4, 0.5) is 0 Å². The molecule has 1 aromatic heterocycles. The van der Waals surface area contributed by atoms with E-state index in [0.717, 1.165) is 11.0 Å². The lowest BCUT2D eigenvalue weighted by molar-refractivity contribution is 0.00578. The fourth-order valence-electron chi connectivity index (χ4n) is 2.93. The summed E-state index contributed by atoms with van der Waals surface area (Å²) in [6.07, 6.45) is 3.56. The highest BCUT2D eigenvalue weighted by molar-refractivity contribution is 6.55. The number of likely N-dealkylation sites (N-methyl/N-ethyl adjacent to an activating group) is 1. The number of aryl methyl sites for hydroxylation is 1. The molecular formula is C19H26BN3O3. The highest BCUT2D eigenvalue weighted by Gasteiger charge is 2.52. The molecule has 1 saturated heterocycles. The van der Waals surface area contributed by atoms with Crippen LogP contribution in [-0.4, -0.2) is 41.5 Å². The fraction of sp³-hybridized carbons (Fsp3) is 0.474. The van der Waals surface area contributed by atoms with Crippen LogP contribution in [0.25, 0.3) is 17.0 Å². The Bertz CT molecular complexity index is 902. The Balaban J connectivity index is 2.01. The van der Waals surface area contributed by atoms with Crippen LogP contribution in [0.5, 0.6) is 0 Å². The van der Waals surface area contributed by atoms with Gasteiger partial charge >= 0.3 is 7.12 Å². The van der Waals surface area contributed by atoms with Crippen molar-refractivity contribution >= 4 is 24.1 Å². The summed E-state index contributed by atoms with van der Waals surface area (Å²) in [4.78, 5) is 16.7. The Morgan fingerprint density at radius 3 is 2.54 bits per heavy atom. The summed E-state index contributed by atoms with van der Waals surface area (Å²) in [5, 5.41) is 3.77. The molecule has 138 valence electrons. The number of hydrogen-bond acceptors (Lipinski definition) is 5. The lowest BCUT2D eigenvalue weighted by Gasteiger charge is -2.32. The predicted molar refractivity (Wildman–Crippen MR) is 105 cm³/mol. The largest absolute Gasteiger partial charge is 0.491 e. The van der Waals surface area contributed by atoms with E-state index in [0.29, 0.717) is 17.4 Å². The maximum atomic E-state index is 12.4. The monoisotopic (exact) mass is 355 g/mol. The Morgan fingerprint density at radius 1 is 1.27 bits per heavy atom. The van der Waals surface area contributed by atoms with Crippen molar-refractivity contribution in [3.8, 4) is 0 Å². The zero-order valence-corrected chi connectivity index (χ0v) is 16.3. The van der Waals surface area contributed by atoms with Crippen molar-refractivity contribution < 1.29 is 9.31 Å². The van der Waals surface area contributed by atoms with Gasteiger partial charge in [-0.15, -0.1) is 0 Å². The van der Waals surface area contributed by atoms with Gasteiger partial charge in [-0.25, -0.2) is 4.98 Å². The van der Waals surface area contributed by atoms with Crippen molar-refractivity contribution in [1.82, 2.24) is 14.9 Å². The molecular weight excluding hydrogens is 329 g/mol. The van der Waals surface area contributed by atoms with E-state index in [1.807, 2.05) is 59.0 Å². The second-order valence-electron chi connectivity index (χ2n) is 7.78. The van der Waals surface area contributed by atoms with Crippen molar-refractivity contribution in [2.75, 3.05) is 13.6 Å². The first kappa shape index (κ1) is 18.8. The number of nitrogens with zero attached hydrogens (tertiary/aromatic N) is 2. The summed E-state index contributed by atoms with van der Waals surface area (Å²) < 4.78 is 13.8. The summed E-state index contributed by atoms with van der Waals surface area (Å²) in [7, 11) is 3.16. The average Bonchev–Trinajstić information content (AvgIpc) is 2.79. The summed E-state index contributed by atoms with van der Waals surface area (Å²) in [5.41, 5.74) is 1.74. The van der Waals surface area contributed by atoms with Gasteiger partial charge in [0, 0.05) is 13.6 Å². The molecule has 3 rings (SSSR count). The summed E-state index contributed by atoms with van der Waals surface area (Å²) in [6.45, 7) is 8.77. The number of nitrogens with one attached hydrogen (secondary N) is 1. The first-order valence-electron chi connectivity index (χ1n) is 8.81. The van der Waals surface area contributed by atoms with Crippen LogP contribution in [0.3, 0.4) is 0 Å². The molecule has 0 bridgehead atoms. The minimum Gasteiger partial charge on any atom is -0.400 e. The van der Waals surface area contributed by atoms with Crippen LogP contribution in [0.15, 0.2) is 34.8 Å². The average molecular weight is 355 g/mol. The van der Waals surface area contributed by atoms with Gasteiger partial charge in [-0.2, -0.15) is 0 Å². The van der Waals surface area contributed by atoms with E-state index in [1.54, 1.807) is 7.05 Å². The fourth-order valence-corrected chi connectivity index (χ4v) is 2.93. The van der Waals surface area contributed by atoms with E-state index < -0.39 is 18.3 Å². The lowest BCUT2D eigenvalue weighted by Crippen LogP contribution is -2.41. The maximum absolute atomic E-state index is 12.4. The molecule has 2 aromatic rings. The topological polar surface area (TPSA) is 65.4 Å². The molecule has 0 saturated carbocycles. The van der Waals surface area contributed by atoms with Crippen LogP contribution in [0, 0.1) is 0 Å². The molecule has 0 radical (unpaired) electrons. The van der Waals surface area contributed by atoms with E-state index in [4.69, 9.17) is 9.31 Å². The predicted octanol–water partition coefficient (Wildman–Crippen LogP) is 2.17. The van der Waals surface area contributed by atoms with Crippen molar-refractivity contribution in [2.45, 2.75) is 38.9 Å². The van der Waals surface area contributed by atoms with Gasteiger partial charge in [-0.3, -0.25) is 4.79 Å². The smallest absolute Gasteiger partial charge is 0.400 e. The molecule has 6 nitrogen and oxygen atoms in total. The number of benzene rings is 1. The Morgan fingerprint density at radius 2 is 1.92 bits per heavy atom. The Kier molecular flexibility index (Phi) is 4.81. The van der Waals surface area contributed by atoms with Gasteiger partial charge in [0.25, 0.3) is 5.56 Å². The summed E-state index contributed by atoms with van der Waals surface area (Å²) in [5.74, 6) is 0. The number of aromatic nitrogens is 2. The van der Waals surface area contributed by atoms with E-state index in [9.17, 15) is 4.79 Å². The molecule has 1 aliphatic rings. The minimum absolute atomic E-state index is 0.0592. The molecule has 1 fully saturated rings. The first-order chi connectivity index (χ1) is 12.1. The third-order valence-electron chi connectivity index (χ3n) is 5.23. The van der Waals surface area contributed by atoms with E-state index in [-0.39, 0.29) is 5.56 Å². The van der Waals surface area contributed by atoms with Crippen molar-refractivity contribution in [1.29, 1.82) is 0 Å². The third kappa shape index (κ3) is 3.34. The molecule has 1 aliphatic heterocycles. The molecule has 0 amide bonds. The number of fused-ring (bicyclic) bond motifs is 1. The SMILES string of the molecule is CNCC(=Cc1ccc2ncn(C)c(=O)c2c1)B1OC(C)(C)C(C)(C)O1. The van der Waals surface area contributed by atoms with Crippen LogP contribution in [-0.2, 0) is 16.4 Å². The molecule has 0 atom stereocenters. The standard InChI is InChI=1S/C19H26BN3O3/c1-18(2)19(3,4)26-20(25-18)14(11-21-5)9-13-7-8-16-15(10-13)17(24)23(6)12-22-16/h7-10,12,21H,11H2,1-6H3. The molecule has 0 unspecified atom stereocenters. The molecule has 26 heavy (non-hydrogen) atoms. The zero-order valence-electron chi connectivity index (χ0n) is 16.3.